The van der Waals surface area contributed by atoms with Crippen molar-refractivity contribution in [3.8, 4) is 0 Å². The van der Waals surface area contributed by atoms with Gasteiger partial charge in [-0.05, 0) is 36.2 Å². The molecule has 4 rings (SSSR count). The molecule has 0 bridgehead atoms. The number of carbonyl (C=O) groups excluding carboxylic acids is 1. The van der Waals surface area contributed by atoms with Crippen molar-refractivity contribution in [2.45, 2.75) is 24.7 Å². The Labute approximate surface area is 190 Å². The monoisotopic (exact) mass is 511 g/mol. The Balaban J connectivity index is 1.63. The van der Waals surface area contributed by atoms with Gasteiger partial charge in [0.15, 0.2) is 0 Å². The SMILES string of the molecule is CCC(=O)N1CCc2cc(Br)cc(S(=O)(=O)N3CCN(c4ccccc4Cl)CC3)c21. The van der Waals surface area contributed by atoms with Crippen molar-refractivity contribution in [3.05, 3.63) is 51.5 Å². The summed E-state index contributed by atoms with van der Waals surface area (Å²) in [5.74, 6) is -0.0592. The van der Waals surface area contributed by atoms with E-state index in [0.717, 1.165) is 11.3 Å². The minimum atomic E-state index is -3.75. The maximum Gasteiger partial charge on any atom is 0.245 e. The summed E-state index contributed by atoms with van der Waals surface area (Å²) in [6, 6.07) is 11.1. The molecule has 0 spiro atoms. The standard InChI is InChI=1S/C21H23BrClN3O3S/c1-2-20(27)26-8-7-15-13-16(22)14-19(21(15)26)30(28,29)25-11-9-24(10-12-25)18-6-4-3-5-17(18)23/h3-6,13-14H,2,7-12H2,1H3. The number of anilines is 2. The fourth-order valence-corrected chi connectivity index (χ4v) is 6.72. The molecule has 160 valence electrons. The van der Waals surface area contributed by atoms with E-state index in [1.807, 2.05) is 30.3 Å². The molecule has 0 N–H and O–H groups in total. The summed E-state index contributed by atoms with van der Waals surface area (Å²) in [6.45, 7) is 4.13. The minimum Gasteiger partial charge on any atom is -0.368 e. The van der Waals surface area contributed by atoms with Crippen LogP contribution in [0.5, 0.6) is 0 Å². The smallest absolute Gasteiger partial charge is 0.245 e. The Morgan fingerprint density at radius 1 is 1.10 bits per heavy atom. The third-order valence-electron chi connectivity index (χ3n) is 5.65. The van der Waals surface area contributed by atoms with E-state index in [1.165, 1.54) is 4.31 Å². The highest BCUT2D eigenvalue weighted by molar-refractivity contribution is 9.10. The van der Waals surface area contributed by atoms with Crippen LogP contribution in [0.25, 0.3) is 0 Å². The Morgan fingerprint density at radius 3 is 2.47 bits per heavy atom. The number of rotatable bonds is 4. The molecule has 0 unspecified atom stereocenters. The number of sulfonamides is 1. The summed E-state index contributed by atoms with van der Waals surface area (Å²) >= 11 is 9.75. The van der Waals surface area contributed by atoms with E-state index < -0.39 is 10.0 Å². The summed E-state index contributed by atoms with van der Waals surface area (Å²) in [4.78, 5) is 16.4. The molecular weight excluding hydrogens is 490 g/mol. The number of carbonyl (C=O) groups is 1. The van der Waals surface area contributed by atoms with Crippen LogP contribution in [0.4, 0.5) is 11.4 Å². The van der Waals surface area contributed by atoms with Crippen molar-refractivity contribution >= 4 is 54.8 Å². The van der Waals surface area contributed by atoms with Gasteiger partial charge in [-0.3, -0.25) is 4.79 Å². The van der Waals surface area contributed by atoms with Crippen LogP contribution < -0.4 is 9.80 Å². The Kier molecular flexibility index (Phi) is 6.12. The highest BCUT2D eigenvalue weighted by atomic mass is 79.9. The Hall–Kier alpha value is -1.61. The number of hydrogen-bond acceptors (Lipinski definition) is 4. The summed E-state index contributed by atoms with van der Waals surface area (Å²) in [6.07, 6.45) is 0.995. The summed E-state index contributed by atoms with van der Waals surface area (Å²) in [7, 11) is -3.75. The third-order valence-corrected chi connectivity index (χ3v) is 8.34. The lowest BCUT2D eigenvalue weighted by molar-refractivity contribution is -0.118. The van der Waals surface area contributed by atoms with Gasteiger partial charge >= 0.3 is 0 Å². The number of halogens is 2. The first kappa shape index (κ1) is 21.6. The van der Waals surface area contributed by atoms with Gasteiger partial charge in [0.25, 0.3) is 0 Å². The van der Waals surface area contributed by atoms with Gasteiger partial charge < -0.3 is 9.80 Å². The van der Waals surface area contributed by atoms with Gasteiger partial charge in [-0.25, -0.2) is 8.42 Å². The second-order valence-electron chi connectivity index (χ2n) is 7.40. The van der Waals surface area contributed by atoms with Crippen molar-refractivity contribution in [1.82, 2.24) is 4.31 Å². The molecule has 1 saturated heterocycles. The van der Waals surface area contributed by atoms with E-state index in [4.69, 9.17) is 11.6 Å². The van der Waals surface area contributed by atoms with Gasteiger partial charge in [-0.2, -0.15) is 4.31 Å². The van der Waals surface area contributed by atoms with Crippen molar-refractivity contribution in [2.24, 2.45) is 0 Å². The third kappa shape index (κ3) is 3.86. The molecule has 9 heteroatoms. The van der Waals surface area contributed by atoms with Crippen molar-refractivity contribution in [1.29, 1.82) is 0 Å². The topological polar surface area (TPSA) is 60.9 Å². The van der Waals surface area contributed by atoms with E-state index in [0.29, 0.717) is 60.7 Å². The Bertz CT molecular complexity index is 1080. The first-order valence-corrected chi connectivity index (χ1v) is 12.6. The zero-order chi connectivity index (χ0) is 21.5. The summed E-state index contributed by atoms with van der Waals surface area (Å²) < 4.78 is 29.4. The zero-order valence-electron chi connectivity index (χ0n) is 16.6. The fraction of sp³-hybridized carbons (Fsp3) is 0.381. The maximum atomic E-state index is 13.6. The number of piperazine rings is 1. The molecule has 0 radical (unpaired) electrons. The molecule has 6 nitrogen and oxygen atoms in total. The van der Waals surface area contributed by atoms with E-state index in [-0.39, 0.29) is 10.8 Å². The van der Waals surface area contributed by atoms with E-state index in [1.54, 1.807) is 17.9 Å². The molecule has 1 amide bonds. The average Bonchev–Trinajstić information content (AvgIpc) is 3.16. The zero-order valence-corrected chi connectivity index (χ0v) is 19.8. The molecule has 0 saturated carbocycles. The quantitative estimate of drug-likeness (QED) is 0.623. The lowest BCUT2D eigenvalue weighted by atomic mass is 10.2. The van der Waals surface area contributed by atoms with Crippen molar-refractivity contribution in [3.63, 3.8) is 0 Å². The first-order valence-electron chi connectivity index (χ1n) is 9.95. The highest BCUT2D eigenvalue weighted by Crippen LogP contribution is 2.39. The molecule has 2 aromatic carbocycles. The number of fused-ring (bicyclic) bond motifs is 1. The first-order chi connectivity index (χ1) is 14.3. The van der Waals surface area contributed by atoms with E-state index in [9.17, 15) is 13.2 Å². The average molecular weight is 513 g/mol. The molecule has 0 aromatic heterocycles. The minimum absolute atomic E-state index is 0.0592. The number of amides is 1. The molecule has 2 heterocycles. The van der Waals surface area contributed by atoms with Crippen LogP contribution in [0, 0.1) is 0 Å². The van der Waals surface area contributed by atoms with Gasteiger partial charge in [-0.15, -0.1) is 0 Å². The number of nitrogens with zero attached hydrogens (tertiary/aromatic N) is 3. The molecule has 2 aliphatic rings. The maximum absolute atomic E-state index is 13.6. The molecule has 1 fully saturated rings. The molecule has 30 heavy (non-hydrogen) atoms. The van der Waals surface area contributed by atoms with Crippen LogP contribution in [-0.4, -0.2) is 51.4 Å². The van der Waals surface area contributed by atoms with Gasteiger partial charge in [0.05, 0.1) is 16.4 Å². The Morgan fingerprint density at radius 2 is 1.80 bits per heavy atom. The summed E-state index contributed by atoms with van der Waals surface area (Å²) in [5.41, 5.74) is 2.34. The van der Waals surface area contributed by atoms with Crippen LogP contribution in [-0.2, 0) is 21.2 Å². The predicted octanol–water partition coefficient (Wildman–Crippen LogP) is 3.91. The highest BCUT2D eigenvalue weighted by Gasteiger charge is 2.36. The van der Waals surface area contributed by atoms with Gasteiger partial charge in [0.1, 0.15) is 4.90 Å². The van der Waals surface area contributed by atoms with Crippen LogP contribution in [0.2, 0.25) is 5.02 Å². The lowest BCUT2D eigenvalue weighted by Crippen LogP contribution is -2.49. The molecule has 2 aromatic rings. The largest absolute Gasteiger partial charge is 0.368 e. The second-order valence-corrected chi connectivity index (χ2v) is 10.6. The van der Waals surface area contributed by atoms with Gasteiger partial charge in [0.2, 0.25) is 15.9 Å². The number of benzene rings is 2. The van der Waals surface area contributed by atoms with Gasteiger partial charge in [-0.1, -0.05) is 46.6 Å². The normalized spacial score (nSPS) is 17.3. The fourth-order valence-electron chi connectivity index (χ4n) is 4.12. The van der Waals surface area contributed by atoms with E-state index >= 15 is 0 Å². The molecule has 0 atom stereocenters. The predicted molar refractivity (Wildman–Crippen MR) is 123 cm³/mol. The number of para-hydroxylation sites is 1. The van der Waals surface area contributed by atoms with Crippen LogP contribution in [0.15, 0.2) is 45.8 Å². The van der Waals surface area contributed by atoms with E-state index in [2.05, 4.69) is 20.8 Å². The van der Waals surface area contributed by atoms with Crippen LogP contribution >= 0.6 is 27.5 Å². The van der Waals surface area contributed by atoms with Crippen molar-refractivity contribution < 1.29 is 13.2 Å². The lowest BCUT2D eigenvalue weighted by Gasteiger charge is -2.36. The second kappa shape index (κ2) is 8.49. The van der Waals surface area contributed by atoms with Crippen LogP contribution in [0.1, 0.15) is 18.9 Å². The molecular formula is C21H23BrClN3O3S. The molecule has 2 aliphatic heterocycles. The molecule has 0 aliphatic carbocycles. The number of hydrogen-bond donors (Lipinski definition) is 0. The summed E-state index contributed by atoms with van der Waals surface area (Å²) in [5, 5.41) is 0.660. The van der Waals surface area contributed by atoms with Crippen molar-refractivity contribution in [2.75, 3.05) is 42.5 Å². The van der Waals surface area contributed by atoms with Gasteiger partial charge in [0, 0.05) is 43.6 Å². The van der Waals surface area contributed by atoms with Crippen LogP contribution in [0.3, 0.4) is 0 Å².